The van der Waals surface area contributed by atoms with Gasteiger partial charge in [0.25, 0.3) is 0 Å². The van der Waals surface area contributed by atoms with E-state index in [1.165, 1.54) is 16.1 Å². The van der Waals surface area contributed by atoms with Crippen LogP contribution in [0.25, 0.3) is 0 Å². The minimum Gasteiger partial charge on any atom is -0.297 e. The molecular formula is C13H19ClN2O4S4. The van der Waals surface area contributed by atoms with Crippen LogP contribution in [0, 0.1) is 0 Å². The van der Waals surface area contributed by atoms with Gasteiger partial charge >= 0.3 is 0 Å². The molecule has 0 spiro atoms. The van der Waals surface area contributed by atoms with Gasteiger partial charge in [0, 0.05) is 44.2 Å². The average Bonchev–Trinajstić information content (AvgIpc) is 3.16. The van der Waals surface area contributed by atoms with Crippen molar-refractivity contribution in [3.8, 4) is 0 Å². The van der Waals surface area contributed by atoms with Gasteiger partial charge in [-0.2, -0.15) is 16.1 Å². The summed E-state index contributed by atoms with van der Waals surface area (Å²) < 4.78 is 50.3. The first-order chi connectivity index (χ1) is 11.2. The third kappa shape index (κ3) is 3.79. The first-order valence-electron chi connectivity index (χ1n) is 7.51. The molecule has 0 N–H and O–H groups in total. The fourth-order valence-corrected chi connectivity index (χ4v) is 8.62. The van der Waals surface area contributed by atoms with E-state index in [9.17, 15) is 16.8 Å². The Morgan fingerprint density at radius 2 is 1.83 bits per heavy atom. The minimum atomic E-state index is -3.76. The second-order valence-corrected chi connectivity index (χ2v) is 12.9. The predicted molar refractivity (Wildman–Crippen MR) is 98.5 cm³/mol. The zero-order valence-corrected chi connectivity index (χ0v) is 17.2. The van der Waals surface area contributed by atoms with Crippen LogP contribution in [0.15, 0.2) is 15.2 Å². The van der Waals surface area contributed by atoms with Gasteiger partial charge in [0.2, 0.25) is 10.0 Å². The molecule has 0 aliphatic carbocycles. The van der Waals surface area contributed by atoms with E-state index in [0.29, 0.717) is 32.2 Å². The third-order valence-electron chi connectivity index (χ3n) is 4.31. The maximum atomic E-state index is 12.8. The molecular weight excluding hydrogens is 412 g/mol. The number of thioether (sulfide) groups is 1. The van der Waals surface area contributed by atoms with E-state index in [1.807, 2.05) is 11.8 Å². The van der Waals surface area contributed by atoms with Crippen LogP contribution in [0.4, 0.5) is 0 Å². The summed E-state index contributed by atoms with van der Waals surface area (Å²) in [6, 6.07) is 1.72. The first-order valence-corrected chi connectivity index (χ1v) is 13.2. The van der Waals surface area contributed by atoms with Crippen LogP contribution in [-0.4, -0.2) is 76.0 Å². The number of rotatable bonds is 4. The van der Waals surface area contributed by atoms with Crippen molar-refractivity contribution >= 4 is 54.6 Å². The molecule has 2 aliphatic rings. The van der Waals surface area contributed by atoms with Gasteiger partial charge in [-0.15, -0.1) is 11.3 Å². The molecule has 136 valence electrons. The molecule has 0 bridgehead atoms. The van der Waals surface area contributed by atoms with E-state index in [-0.39, 0.29) is 13.4 Å². The van der Waals surface area contributed by atoms with Gasteiger partial charge < -0.3 is 0 Å². The van der Waals surface area contributed by atoms with Gasteiger partial charge in [0.1, 0.15) is 13.4 Å². The standard InChI is InChI=1S/C13H19ClN2O4S4/c1-23(17,18)12-8-11(13(14)22-12)24(19,20)16-5-3-15(4-6-16)10-2-7-21-9-10/h8,10H,2-7,9H2,1H3/t10-/m0/s1. The van der Waals surface area contributed by atoms with Gasteiger partial charge in [-0.3, -0.25) is 4.90 Å². The maximum Gasteiger partial charge on any atom is 0.245 e. The van der Waals surface area contributed by atoms with Gasteiger partial charge in [-0.25, -0.2) is 16.8 Å². The van der Waals surface area contributed by atoms with E-state index >= 15 is 0 Å². The zero-order chi connectivity index (χ0) is 17.5. The largest absolute Gasteiger partial charge is 0.297 e. The van der Waals surface area contributed by atoms with Crippen molar-refractivity contribution in [2.75, 3.05) is 43.9 Å². The van der Waals surface area contributed by atoms with Crippen LogP contribution in [0.5, 0.6) is 0 Å². The lowest BCUT2D eigenvalue weighted by Crippen LogP contribution is -2.51. The fraction of sp³-hybridized carbons (Fsp3) is 0.692. The molecule has 1 aromatic rings. The summed E-state index contributed by atoms with van der Waals surface area (Å²) in [4.78, 5) is 2.25. The molecule has 3 rings (SSSR count). The van der Waals surface area contributed by atoms with Gasteiger partial charge in [-0.1, -0.05) is 11.6 Å². The summed E-state index contributed by atoms with van der Waals surface area (Å²) in [5, 5.41) is 0. The number of halogens is 1. The van der Waals surface area contributed by atoms with Crippen molar-refractivity contribution in [3.05, 3.63) is 10.4 Å². The Kier molecular flexibility index (Phi) is 5.56. The highest BCUT2D eigenvalue weighted by Gasteiger charge is 2.34. The molecule has 24 heavy (non-hydrogen) atoms. The Morgan fingerprint density at radius 1 is 1.17 bits per heavy atom. The SMILES string of the molecule is CS(=O)(=O)c1cc(S(=O)(=O)N2CCN([C@H]3CCSC3)CC2)c(Cl)s1. The Morgan fingerprint density at radius 3 is 2.33 bits per heavy atom. The molecule has 0 saturated carbocycles. The van der Waals surface area contributed by atoms with Gasteiger partial charge in [0.15, 0.2) is 9.84 Å². The average molecular weight is 431 g/mol. The van der Waals surface area contributed by atoms with Gasteiger partial charge in [0.05, 0.1) is 0 Å². The minimum absolute atomic E-state index is 0.00467. The van der Waals surface area contributed by atoms with Gasteiger partial charge in [-0.05, 0) is 18.2 Å². The first kappa shape index (κ1) is 18.9. The number of hydrogen-bond donors (Lipinski definition) is 0. The molecule has 1 atom stereocenters. The van der Waals surface area contributed by atoms with Crippen LogP contribution in [0.2, 0.25) is 4.34 Å². The van der Waals surface area contributed by atoms with Crippen molar-refractivity contribution in [3.63, 3.8) is 0 Å². The van der Waals surface area contributed by atoms with Crippen molar-refractivity contribution in [2.24, 2.45) is 0 Å². The van der Waals surface area contributed by atoms with Crippen molar-refractivity contribution in [2.45, 2.75) is 21.6 Å². The molecule has 2 saturated heterocycles. The normalized spacial score (nSPS) is 24.5. The number of sulfone groups is 1. The lowest BCUT2D eigenvalue weighted by atomic mass is 10.2. The molecule has 6 nitrogen and oxygen atoms in total. The predicted octanol–water partition coefficient (Wildman–Crippen LogP) is 1.62. The molecule has 3 heterocycles. The van der Waals surface area contributed by atoms with E-state index in [4.69, 9.17) is 11.6 Å². The highest BCUT2D eigenvalue weighted by atomic mass is 35.5. The number of hydrogen-bond acceptors (Lipinski definition) is 7. The Bertz CT molecular complexity index is 807. The quantitative estimate of drug-likeness (QED) is 0.722. The summed E-state index contributed by atoms with van der Waals surface area (Å²) in [7, 11) is -7.24. The van der Waals surface area contributed by atoms with E-state index in [2.05, 4.69) is 4.90 Å². The second-order valence-electron chi connectivity index (χ2n) is 5.93. The summed E-state index contributed by atoms with van der Waals surface area (Å²) in [5.41, 5.74) is 0. The smallest absolute Gasteiger partial charge is 0.245 e. The fourth-order valence-electron chi connectivity index (χ4n) is 2.95. The summed E-state index contributed by atoms with van der Waals surface area (Å²) in [6.45, 7) is 2.21. The van der Waals surface area contributed by atoms with Crippen LogP contribution >= 0.6 is 34.7 Å². The van der Waals surface area contributed by atoms with E-state index < -0.39 is 19.9 Å². The molecule has 0 radical (unpaired) electrons. The Hall–Kier alpha value is 0.160. The Balaban J connectivity index is 1.76. The number of sulfonamides is 1. The van der Waals surface area contributed by atoms with Crippen LogP contribution < -0.4 is 0 Å². The molecule has 0 unspecified atom stereocenters. The highest BCUT2D eigenvalue weighted by Crippen LogP contribution is 2.36. The molecule has 1 aromatic heterocycles. The van der Waals surface area contributed by atoms with Crippen LogP contribution in [0.1, 0.15) is 6.42 Å². The van der Waals surface area contributed by atoms with Crippen molar-refractivity contribution in [1.82, 2.24) is 9.21 Å². The summed E-state index contributed by atoms with van der Waals surface area (Å²) >= 11 is 8.75. The lowest BCUT2D eigenvalue weighted by molar-refractivity contribution is 0.148. The third-order valence-corrected chi connectivity index (χ3v) is 10.8. The maximum absolute atomic E-state index is 12.8. The highest BCUT2D eigenvalue weighted by molar-refractivity contribution is 7.99. The van der Waals surface area contributed by atoms with Crippen molar-refractivity contribution in [1.29, 1.82) is 0 Å². The number of thiophene rings is 1. The molecule has 0 amide bonds. The summed E-state index contributed by atoms with van der Waals surface area (Å²) in [6.07, 6.45) is 2.20. The van der Waals surface area contributed by atoms with E-state index in [1.54, 1.807) is 0 Å². The molecule has 2 fully saturated rings. The topological polar surface area (TPSA) is 74.8 Å². The monoisotopic (exact) mass is 430 g/mol. The second kappa shape index (κ2) is 7.05. The molecule has 11 heteroatoms. The number of piperazine rings is 1. The zero-order valence-electron chi connectivity index (χ0n) is 13.1. The molecule has 2 aliphatic heterocycles. The van der Waals surface area contributed by atoms with Crippen molar-refractivity contribution < 1.29 is 16.8 Å². The van der Waals surface area contributed by atoms with Crippen LogP contribution in [0.3, 0.4) is 0 Å². The molecule has 0 aromatic carbocycles. The number of nitrogens with zero attached hydrogens (tertiary/aromatic N) is 2. The summed E-state index contributed by atoms with van der Waals surface area (Å²) in [5.74, 6) is 2.28. The lowest BCUT2D eigenvalue weighted by Gasteiger charge is -2.37. The van der Waals surface area contributed by atoms with Crippen LogP contribution in [-0.2, 0) is 19.9 Å². The van der Waals surface area contributed by atoms with E-state index in [0.717, 1.165) is 29.8 Å². The Labute approximate surface area is 156 Å².